The summed E-state index contributed by atoms with van der Waals surface area (Å²) in [6.45, 7) is 9.82. The van der Waals surface area contributed by atoms with E-state index in [9.17, 15) is 4.79 Å². The van der Waals surface area contributed by atoms with Crippen LogP contribution in [0.3, 0.4) is 0 Å². The van der Waals surface area contributed by atoms with Crippen molar-refractivity contribution in [3.05, 3.63) is 71.1 Å². The Morgan fingerprint density at radius 1 is 0.939 bits per heavy atom. The summed E-state index contributed by atoms with van der Waals surface area (Å²) in [5.74, 6) is 0. The third kappa shape index (κ3) is 4.04. The summed E-state index contributed by atoms with van der Waals surface area (Å²) in [7, 11) is 0. The van der Waals surface area contributed by atoms with E-state index in [2.05, 4.69) is 49.2 Å². The first-order valence-corrected chi connectivity index (χ1v) is 11.5. The highest BCUT2D eigenvalue weighted by Gasteiger charge is 2.24. The molecule has 0 radical (unpaired) electrons. The fourth-order valence-corrected chi connectivity index (χ4v) is 4.59. The van der Waals surface area contributed by atoms with Crippen LogP contribution in [0.25, 0.3) is 28.0 Å². The molecule has 2 atom stereocenters. The lowest BCUT2D eigenvalue weighted by Gasteiger charge is -2.36. The van der Waals surface area contributed by atoms with E-state index < -0.39 is 0 Å². The van der Waals surface area contributed by atoms with E-state index >= 15 is 0 Å². The molecule has 4 heterocycles. The lowest BCUT2D eigenvalue weighted by molar-refractivity contribution is -0.00524. The number of anilines is 1. The topological polar surface area (TPSA) is 64.7 Å². The predicted molar refractivity (Wildman–Crippen MR) is 131 cm³/mol. The van der Waals surface area contributed by atoms with Gasteiger partial charge in [-0.05, 0) is 45.9 Å². The average Bonchev–Trinajstić information content (AvgIpc) is 3.18. The van der Waals surface area contributed by atoms with Crippen LogP contribution < -0.4 is 10.5 Å². The van der Waals surface area contributed by atoms with Crippen LogP contribution in [0.2, 0.25) is 0 Å². The van der Waals surface area contributed by atoms with E-state index in [1.807, 2.05) is 36.6 Å². The zero-order valence-electron chi connectivity index (χ0n) is 19.5. The molecule has 0 aliphatic carbocycles. The zero-order chi connectivity index (χ0) is 23.1. The first kappa shape index (κ1) is 21.4. The largest absolute Gasteiger partial charge is 0.372 e. The lowest BCUT2D eigenvalue weighted by atomic mass is 10.0. The van der Waals surface area contributed by atoms with Crippen LogP contribution in [-0.4, -0.2) is 44.7 Å². The molecule has 33 heavy (non-hydrogen) atoms. The monoisotopic (exact) mass is 443 g/mol. The molecular formula is C26H29N5O2. The molecule has 0 amide bonds. The smallest absolute Gasteiger partial charge is 0.267 e. The van der Waals surface area contributed by atoms with Gasteiger partial charge in [-0.25, -0.2) is 9.20 Å². The van der Waals surface area contributed by atoms with Crippen molar-refractivity contribution in [3.63, 3.8) is 0 Å². The van der Waals surface area contributed by atoms with Crippen molar-refractivity contribution in [2.45, 2.75) is 45.9 Å². The van der Waals surface area contributed by atoms with Gasteiger partial charge < -0.3 is 9.64 Å². The maximum atomic E-state index is 12.3. The Hall–Kier alpha value is -3.45. The molecule has 5 rings (SSSR count). The van der Waals surface area contributed by atoms with Gasteiger partial charge in [-0.2, -0.15) is 10.2 Å². The van der Waals surface area contributed by atoms with Crippen LogP contribution in [0.5, 0.6) is 0 Å². The van der Waals surface area contributed by atoms with E-state index in [4.69, 9.17) is 14.9 Å². The average molecular weight is 444 g/mol. The van der Waals surface area contributed by atoms with E-state index in [1.54, 1.807) is 12.1 Å². The van der Waals surface area contributed by atoms with Gasteiger partial charge in [0.25, 0.3) is 5.56 Å². The summed E-state index contributed by atoms with van der Waals surface area (Å²) in [5, 5.41) is 9.69. The second kappa shape index (κ2) is 8.48. The lowest BCUT2D eigenvalue weighted by Crippen LogP contribution is -2.45. The Morgan fingerprint density at radius 2 is 1.67 bits per heavy atom. The van der Waals surface area contributed by atoms with Crippen LogP contribution in [0, 0.1) is 0 Å². The van der Waals surface area contributed by atoms with Crippen molar-refractivity contribution < 1.29 is 4.74 Å². The second-order valence-corrected chi connectivity index (χ2v) is 9.06. The van der Waals surface area contributed by atoms with Gasteiger partial charge in [0, 0.05) is 24.7 Å². The maximum Gasteiger partial charge on any atom is 0.267 e. The third-order valence-electron chi connectivity index (χ3n) is 6.02. The highest BCUT2D eigenvalue weighted by atomic mass is 16.5. The molecule has 0 saturated carbocycles. The van der Waals surface area contributed by atoms with Gasteiger partial charge in [-0.3, -0.25) is 4.79 Å². The fourth-order valence-electron chi connectivity index (χ4n) is 4.59. The number of morpholine rings is 1. The van der Waals surface area contributed by atoms with Crippen molar-refractivity contribution in [2.24, 2.45) is 0 Å². The highest BCUT2D eigenvalue weighted by Crippen LogP contribution is 2.35. The van der Waals surface area contributed by atoms with Crippen LogP contribution in [0.1, 0.15) is 33.7 Å². The normalized spacial score (nSPS) is 18.9. The molecule has 1 saturated heterocycles. The van der Waals surface area contributed by atoms with Gasteiger partial charge in [0.2, 0.25) is 0 Å². The minimum atomic E-state index is -0.107. The van der Waals surface area contributed by atoms with Crippen molar-refractivity contribution >= 4 is 11.2 Å². The van der Waals surface area contributed by atoms with Crippen LogP contribution in [0.4, 0.5) is 5.69 Å². The number of aromatic nitrogens is 4. The predicted octanol–water partition coefficient (Wildman–Crippen LogP) is 4.42. The molecule has 0 bridgehead atoms. The Balaban J connectivity index is 1.69. The molecule has 1 aliphatic heterocycles. The molecule has 2 unspecified atom stereocenters. The molecule has 0 spiro atoms. The van der Waals surface area contributed by atoms with Crippen LogP contribution in [0.15, 0.2) is 65.6 Å². The van der Waals surface area contributed by atoms with Gasteiger partial charge in [-0.15, -0.1) is 0 Å². The Labute approximate surface area is 193 Å². The molecule has 7 heteroatoms. The van der Waals surface area contributed by atoms with Crippen LogP contribution >= 0.6 is 0 Å². The molecule has 4 aromatic rings. The number of hydrogen-bond acceptors (Lipinski definition) is 5. The molecule has 7 nitrogen and oxygen atoms in total. The zero-order valence-corrected chi connectivity index (χ0v) is 19.5. The van der Waals surface area contributed by atoms with Gasteiger partial charge in [0.15, 0.2) is 0 Å². The number of hydrogen-bond donors (Lipinski definition) is 0. The molecular weight excluding hydrogens is 414 g/mol. The molecule has 0 N–H and O–H groups in total. The van der Waals surface area contributed by atoms with Crippen molar-refractivity contribution in [1.29, 1.82) is 0 Å². The Kier molecular flexibility index (Phi) is 5.50. The third-order valence-corrected chi connectivity index (χ3v) is 6.02. The highest BCUT2D eigenvalue weighted by molar-refractivity contribution is 5.91. The van der Waals surface area contributed by atoms with E-state index in [-0.39, 0.29) is 23.8 Å². The summed E-state index contributed by atoms with van der Waals surface area (Å²) in [6.07, 6.45) is 2.44. The SMILES string of the molecule is CC1CN(c2ccc3c(-c4ccc(=O)n(C(C)C)n4)c(-c4ccccc4)nn3c2)CC(C)O1. The van der Waals surface area contributed by atoms with E-state index in [0.29, 0.717) is 0 Å². The standard InChI is InChI=1S/C26H29N5O2/c1-17(2)31-24(32)13-11-22(27-31)25-23-12-10-21(29-14-18(3)33-19(4)15-29)16-30(23)28-26(25)20-8-6-5-7-9-20/h5-13,16-19H,14-15H2,1-4H3. The fraction of sp³-hybridized carbons (Fsp3) is 0.346. The van der Waals surface area contributed by atoms with Crippen molar-refractivity contribution in [2.75, 3.05) is 18.0 Å². The summed E-state index contributed by atoms with van der Waals surface area (Å²) < 4.78 is 9.37. The summed E-state index contributed by atoms with van der Waals surface area (Å²) in [6, 6.07) is 17.7. The summed E-state index contributed by atoms with van der Waals surface area (Å²) in [5.41, 5.74) is 5.47. The number of nitrogens with zero attached hydrogens (tertiary/aromatic N) is 5. The number of ether oxygens (including phenoxy) is 1. The van der Waals surface area contributed by atoms with Gasteiger partial charge in [0.1, 0.15) is 5.69 Å². The number of fused-ring (bicyclic) bond motifs is 1. The van der Waals surface area contributed by atoms with Gasteiger partial charge in [0.05, 0.1) is 46.9 Å². The molecule has 3 aromatic heterocycles. The minimum absolute atomic E-state index is 0.0311. The second-order valence-electron chi connectivity index (χ2n) is 9.06. The van der Waals surface area contributed by atoms with Gasteiger partial charge >= 0.3 is 0 Å². The molecule has 1 fully saturated rings. The summed E-state index contributed by atoms with van der Waals surface area (Å²) >= 11 is 0. The quantitative estimate of drug-likeness (QED) is 0.467. The Morgan fingerprint density at radius 3 is 2.36 bits per heavy atom. The molecule has 1 aliphatic rings. The first-order valence-electron chi connectivity index (χ1n) is 11.5. The first-order chi connectivity index (χ1) is 15.9. The number of pyridine rings is 1. The van der Waals surface area contributed by atoms with E-state index in [1.165, 1.54) is 4.68 Å². The maximum absolute atomic E-state index is 12.3. The Bertz CT molecular complexity index is 1330. The number of rotatable bonds is 4. The minimum Gasteiger partial charge on any atom is -0.372 e. The van der Waals surface area contributed by atoms with Gasteiger partial charge in [-0.1, -0.05) is 30.3 Å². The van der Waals surface area contributed by atoms with E-state index in [0.717, 1.165) is 46.8 Å². The van der Waals surface area contributed by atoms with Crippen LogP contribution in [-0.2, 0) is 4.74 Å². The van der Waals surface area contributed by atoms with Crippen molar-refractivity contribution in [1.82, 2.24) is 19.4 Å². The van der Waals surface area contributed by atoms with Crippen molar-refractivity contribution in [3.8, 4) is 22.5 Å². The molecule has 1 aromatic carbocycles. The number of benzene rings is 1. The molecule has 170 valence electrons. The summed E-state index contributed by atoms with van der Waals surface area (Å²) in [4.78, 5) is 14.7.